The van der Waals surface area contributed by atoms with Gasteiger partial charge in [0.1, 0.15) is 0 Å². The molecule has 1 fully saturated rings. The van der Waals surface area contributed by atoms with Crippen molar-refractivity contribution in [3.8, 4) is 0 Å². The van der Waals surface area contributed by atoms with Crippen LogP contribution in [0.3, 0.4) is 0 Å². The Kier molecular flexibility index (Phi) is 7.21. The molecule has 1 saturated carbocycles. The third kappa shape index (κ3) is 5.07. The number of aliphatic hydroxyl groups excluding tert-OH is 1. The minimum Gasteiger partial charge on any atom is -0.391 e. The molecule has 0 radical (unpaired) electrons. The van der Waals surface area contributed by atoms with Crippen LogP contribution in [0, 0.1) is 5.92 Å². The Morgan fingerprint density at radius 3 is 2.08 bits per heavy atom. The molecule has 5 nitrogen and oxygen atoms in total. The first-order chi connectivity index (χ1) is 12.3. The van der Waals surface area contributed by atoms with Crippen LogP contribution < -0.4 is 10.6 Å². The molecule has 0 saturated heterocycles. The Balaban J connectivity index is 2.03. The summed E-state index contributed by atoms with van der Waals surface area (Å²) in [5.41, 5.74) is 2.76. The molecule has 2 rings (SSSR count). The summed E-state index contributed by atoms with van der Waals surface area (Å²) < 4.78 is 0. The van der Waals surface area contributed by atoms with Gasteiger partial charge in [0.05, 0.1) is 6.10 Å². The smallest absolute Gasteiger partial charge is 0.313 e. The van der Waals surface area contributed by atoms with Crippen molar-refractivity contribution >= 4 is 17.5 Å². The standard InChI is InChI=1S/C21H32N2O3/c1-13(2)16-10-7-11-17(14(3)4)19(16)23-21(26)20(25)22-12-18(24)15-8-5-6-9-15/h7,10-11,13-15,18,24H,5-6,8-9,12H2,1-4H3,(H,22,25)(H,23,26). The topological polar surface area (TPSA) is 78.4 Å². The second kappa shape index (κ2) is 9.17. The molecule has 0 aromatic heterocycles. The fourth-order valence-corrected chi connectivity index (χ4v) is 3.65. The number of benzene rings is 1. The summed E-state index contributed by atoms with van der Waals surface area (Å²) in [6.45, 7) is 8.38. The summed E-state index contributed by atoms with van der Waals surface area (Å²) in [4.78, 5) is 24.6. The van der Waals surface area contributed by atoms with Crippen LogP contribution in [-0.4, -0.2) is 29.6 Å². The number of aliphatic hydroxyl groups is 1. The van der Waals surface area contributed by atoms with E-state index in [1.807, 2.05) is 18.2 Å². The highest BCUT2D eigenvalue weighted by atomic mass is 16.3. The Hall–Kier alpha value is -1.88. The molecule has 1 aromatic carbocycles. The van der Waals surface area contributed by atoms with Gasteiger partial charge in [-0.2, -0.15) is 0 Å². The number of hydrogen-bond donors (Lipinski definition) is 3. The predicted molar refractivity (Wildman–Crippen MR) is 104 cm³/mol. The molecule has 144 valence electrons. The van der Waals surface area contributed by atoms with Crippen LogP contribution in [0.25, 0.3) is 0 Å². The SMILES string of the molecule is CC(C)c1cccc(C(C)C)c1NC(=O)C(=O)NCC(O)C1CCCC1. The number of amides is 2. The number of para-hydroxylation sites is 1. The van der Waals surface area contributed by atoms with Crippen LogP contribution in [0.5, 0.6) is 0 Å². The van der Waals surface area contributed by atoms with Crippen molar-refractivity contribution in [2.45, 2.75) is 71.3 Å². The second-order valence-corrected chi connectivity index (χ2v) is 7.90. The van der Waals surface area contributed by atoms with Crippen molar-refractivity contribution in [2.75, 3.05) is 11.9 Å². The number of hydrogen-bond acceptors (Lipinski definition) is 3. The van der Waals surface area contributed by atoms with Gasteiger partial charge < -0.3 is 15.7 Å². The first kappa shape index (κ1) is 20.4. The lowest BCUT2D eigenvalue weighted by atomic mass is 9.92. The van der Waals surface area contributed by atoms with E-state index in [1.165, 1.54) is 0 Å². The third-order valence-corrected chi connectivity index (χ3v) is 5.23. The first-order valence-electron chi connectivity index (χ1n) is 9.71. The van der Waals surface area contributed by atoms with Crippen LogP contribution in [0.15, 0.2) is 18.2 Å². The molecule has 1 aliphatic rings. The van der Waals surface area contributed by atoms with Gasteiger partial charge in [0, 0.05) is 12.2 Å². The molecule has 0 heterocycles. The van der Waals surface area contributed by atoms with Gasteiger partial charge in [-0.15, -0.1) is 0 Å². The van der Waals surface area contributed by atoms with E-state index in [2.05, 4.69) is 38.3 Å². The van der Waals surface area contributed by atoms with E-state index in [0.717, 1.165) is 42.5 Å². The molecule has 1 unspecified atom stereocenters. The quantitative estimate of drug-likeness (QED) is 0.679. The average molecular weight is 360 g/mol. The lowest BCUT2D eigenvalue weighted by Gasteiger charge is -2.21. The number of nitrogens with one attached hydrogen (secondary N) is 2. The Morgan fingerprint density at radius 2 is 1.58 bits per heavy atom. The summed E-state index contributed by atoms with van der Waals surface area (Å²) in [5.74, 6) is -0.686. The molecule has 0 spiro atoms. The van der Waals surface area contributed by atoms with Crippen molar-refractivity contribution in [2.24, 2.45) is 5.92 Å². The minimum atomic E-state index is -0.699. The first-order valence-corrected chi connectivity index (χ1v) is 9.71. The molecule has 1 aromatic rings. The van der Waals surface area contributed by atoms with Gasteiger partial charge >= 0.3 is 11.8 Å². The fourth-order valence-electron chi connectivity index (χ4n) is 3.65. The zero-order valence-electron chi connectivity index (χ0n) is 16.3. The van der Waals surface area contributed by atoms with Crippen molar-refractivity contribution in [1.29, 1.82) is 0 Å². The molecule has 0 aliphatic heterocycles. The highest BCUT2D eigenvalue weighted by molar-refractivity contribution is 6.39. The van der Waals surface area contributed by atoms with Crippen LogP contribution in [0.2, 0.25) is 0 Å². The second-order valence-electron chi connectivity index (χ2n) is 7.90. The van der Waals surface area contributed by atoms with Gasteiger partial charge in [-0.05, 0) is 41.7 Å². The van der Waals surface area contributed by atoms with Gasteiger partial charge in [-0.1, -0.05) is 58.7 Å². The molecule has 3 N–H and O–H groups in total. The number of carbonyl (C=O) groups excluding carboxylic acids is 2. The van der Waals surface area contributed by atoms with E-state index < -0.39 is 17.9 Å². The van der Waals surface area contributed by atoms with E-state index in [1.54, 1.807) is 0 Å². The van der Waals surface area contributed by atoms with E-state index in [9.17, 15) is 14.7 Å². The highest BCUT2D eigenvalue weighted by Gasteiger charge is 2.25. The molecular formula is C21H32N2O3. The maximum Gasteiger partial charge on any atom is 0.313 e. The van der Waals surface area contributed by atoms with Gasteiger partial charge in [0.15, 0.2) is 0 Å². The van der Waals surface area contributed by atoms with Gasteiger partial charge in [0.25, 0.3) is 0 Å². The summed E-state index contributed by atoms with van der Waals surface area (Å²) in [6.07, 6.45) is 3.65. The Bertz CT molecular complexity index is 608. The Morgan fingerprint density at radius 1 is 1.04 bits per heavy atom. The molecule has 2 amide bonds. The van der Waals surface area contributed by atoms with Crippen LogP contribution in [0.1, 0.15) is 76.3 Å². The maximum atomic E-state index is 12.4. The van der Waals surface area contributed by atoms with E-state index in [4.69, 9.17) is 0 Å². The average Bonchev–Trinajstić information content (AvgIpc) is 3.13. The van der Waals surface area contributed by atoms with Crippen molar-refractivity contribution in [3.63, 3.8) is 0 Å². The zero-order valence-corrected chi connectivity index (χ0v) is 16.3. The van der Waals surface area contributed by atoms with E-state index in [0.29, 0.717) is 0 Å². The van der Waals surface area contributed by atoms with E-state index in [-0.39, 0.29) is 24.3 Å². The largest absolute Gasteiger partial charge is 0.391 e. The fraction of sp³-hybridized carbons (Fsp3) is 0.619. The van der Waals surface area contributed by atoms with Crippen molar-refractivity contribution in [3.05, 3.63) is 29.3 Å². The predicted octanol–water partition coefficient (Wildman–Crippen LogP) is 3.54. The third-order valence-electron chi connectivity index (χ3n) is 5.23. The van der Waals surface area contributed by atoms with Gasteiger partial charge in [0.2, 0.25) is 0 Å². The molecular weight excluding hydrogens is 328 g/mol. The number of carbonyl (C=O) groups is 2. The van der Waals surface area contributed by atoms with Gasteiger partial charge in [-0.25, -0.2) is 0 Å². The summed E-state index contributed by atoms with van der Waals surface area (Å²) in [6, 6.07) is 5.94. The monoisotopic (exact) mass is 360 g/mol. The van der Waals surface area contributed by atoms with Crippen LogP contribution >= 0.6 is 0 Å². The molecule has 1 atom stereocenters. The maximum absolute atomic E-state index is 12.4. The summed E-state index contributed by atoms with van der Waals surface area (Å²) in [5, 5.41) is 15.5. The lowest BCUT2D eigenvalue weighted by molar-refractivity contribution is -0.136. The van der Waals surface area contributed by atoms with Crippen LogP contribution in [0.4, 0.5) is 5.69 Å². The molecule has 0 bridgehead atoms. The Labute approximate surface area is 156 Å². The van der Waals surface area contributed by atoms with Crippen molar-refractivity contribution in [1.82, 2.24) is 5.32 Å². The zero-order chi connectivity index (χ0) is 19.3. The summed E-state index contributed by atoms with van der Waals surface area (Å²) in [7, 11) is 0. The van der Waals surface area contributed by atoms with Gasteiger partial charge in [-0.3, -0.25) is 9.59 Å². The number of rotatable bonds is 6. The highest BCUT2D eigenvalue weighted by Crippen LogP contribution is 2.32. The number of anilines is 1. The minimum absolute atomic E-state index is 0.125. The summed E-state index contributed by atoms with van der Waals surface area (Å²) >= 11 is 0. The molecule has 1 aliphatic carbocycles. The normalized spacial score (nSPS) is 16.1. The van der Waals surface area contributed by atoms with Crippen LogP contribution in [-0.2, 0) is 9.59 Å². The molecule has 5 heteroatoms. The molecule has 26 heavy (non-hydrogen) atoms. The lowest BCUT2D eigenvalue weighted by Crippen LogP contribution is -2.41. The van der Waals surface area contributed by atoms with Crippen molar-refractivity contribution < 1.29 is 14.7 Å². The van der Waals surface area contributed by atoms with E-state index >= 15 is 0 Å².